The molecule has 0 fully saturated rings. The highest BCUT2D eigenvalue weighted by Gasteiger charge is 2.20. The standard InChI is InChI=1S/C68H133NO5/c1-3-5-7-9-11-13-15-17-18-19-20-21-22-24-27-30-33-37-40-44-48-52-56-60-66(71)65(64-70)69-67(72)61-57-53-49-45-41-38-34-31-28-25-23-26-29-32-35-39-43-47-51-55-59-63-74-68(73)62-58-54-50-46-42-36-16-14-12-10-8-6-4-2/h14,16,65-66,70-71H,3-13,15,17-64H2,1-2H3,(H,69,72)/b16-14-. The summed E-state index contributed by atoms with van der Waals surface area (Å²) in [5, 5.41) is 23.4. The predicted octanol–water partition coefficient (Wildman–Crippen LogP) is 21.6. The lowest BCUT2D eigenvalue weighted by Gasteiger charge is -2.22. The lowest BCUT2D eigenvalue weighted by atomic mass is 10.0. The molecule has 440 valence electrons. The van der Waals surface area contributed by atoms with Gasteiger partial charge in [0.05, 0.1) is 25.4 Å². The van der Waals surface area contributed by atoms with Crippen LogP contribution in [-0.4, -0.2) is 47.4 Å². The van der Waals surface area contributed by atoms with Crippen molar-refractivity contribution >= 4 is 11.9 Å². The summed E-state index contributed by atoms with van der Waals surface area (Å²) in [6.07, 6.45) is 78.1. The van der Waals surface area contributed by atoms with Crippen LogP contribution in [0.4, 0.5) is 0 Å². The van der Waals surface area contributed by atoms with E-state index in [0.717, 1.165) is 44.9 Å². The summed E-state index contributed by atoms with van der Waals surface area (Å²) >= 11 is 0. The number of nitrogens with one attached hydrogen (secondary N) is 1. The molecule has 0 saturated heterocycles. The molecule has 0 aromatic heterocycles. The molecule has 0 heterocycles. The molecule has 0 spiro atoms. The van der Waals surface area contributed by atoms with Crippen molar-refractivity contribution in [3.05, 3.63) is 12.2 Å². The average molecular weight is 1040 g/mol. The third-order valence-electron chi connectivity index (χ3n) is 16.1. The van der Waals surface area contributed by atoms with Crippen LogP contribution in [0.3, 0.4) is 0 Å². The summed E-state index contributed by atoms with van der Waals surface area (Å²) in [6.45, 7) is 4.97. The number of rotatable bonds is 64. The number of hydrogen-bond donors (Lipinski definition) is 3. The van der Waals surface area contributed by atoms with E-state index in [0.29, 0.717) is 25.9 Å². The van der Waals surface area contributed by atoms with Crippen molar-refractivity contribution in [1.82, 2.24) is 5.32 Å². The van der Waals surface area contributed by atoms with Gasteiger partial charge in [0.15, 0.2) is 0 Å². The number of ether oxygens (including phenoxy) is 1. The molecule has 1 amide bonds. The molecule has 0 aliphatic rings. The predicted molar refractivity (Wildman–Crippen MR) is 324 cm³/mol. The topological polar surface area (TPSA) is 95.9 Å². The van der Waals surface area contributed by atoms with Crippen LogP contribution in [0, 0.1) is 0 Å². The highest BCUT2D eigenvalue weighted by atomic mass is 16.5. The zero-order chi connectivity index (χ0) is 53.6. The number of unbranched alkanes of at least 4 members (excludes halogenated alkanes) is 51. The molecule has 0 radical (unpaired) electrons. The molecular formula is C68H133NO5. The highest BCUT2D eigenvalue weighted by Crippen LogP contribution is 2.19. The van der Waals surface area contributed by atoms with Crippen molar-refractivity contribution in [3.8, 4) is 0 Å². The Morgan fingerprint density at radius 1 is 0.365 bits per heavy atom. The van der Waals surface area contributed by atoms with E-state index in [-0.39, 0.29) is 18.5 Å². The number of amides is 1. The fraction of sp³-hybridized carbons (Fsp3) is 0.941. The first-order valence-electron chi connectivity index (χ1n) is 33.9. The van der Waals surface area contributed by atoms with E-state index >= 15 is 0 Å². The zero-order valence-corrected chi connectivity index (χ0v) is 50.4. The zero-order valence-electron chi connectivity index (χ0n) is 50.4. The van der Waals surface area contributed by atoms with E-state index in [1.54, 1.807) is 0 Å². The largest absolute Gasteiger partial charge is 0.466 e. The quantitative estimate of drug-likeness (QED) is 0.0320. The number of carbonyl (C=O) groups excluding carboxylic acids is 2. The number of aliphatic hydroxyl groups excluding tert-OH is 2. The molecule has 74 heavy (non-hydrogen) atoms. The summed E-state index contributed by atoms with van der Waals surface area (Å²) in [4.78, 5) is 24.6. The molecule has 0 aliphatic heterocycles. The van der Waals surface area contributed by atoms with Crippen LogP contribution in [0.1, 0.15) is 386 Å². The first kappa shape index (κ1) is 72.6. The molecule has 0 bridgehead atoms. The van der Waals surface area contributed by atoms with Crippen molar-refractivity contribution in [3.63, 3.8) is 0 Å². The van der Waals surface area contributed by atoms with Gasteiger partial charge in [-0.2, -0.15) is 0 Å². The van der Waals surface area contributed by atoms with Gasteiger partial charge in [-0.15, -0.1) is 0 Å². The van der Waals surface area contributed by atoms with Gasteiger partial charge in [-0.25, -0.2) is 0 Å². The molecular weight excluding hydrogens is 911 g/mol. The van der Waals surface area contributed by atoms with Crippen molar-refractivity contribution in [2.24, 2.45) is 0 Å². The first-order valence-corrected chi connectivity index (χ1v) is 33.9. The number of hydrogen-bond acceptors (Lipinski definition) is 5. The van der Waals surface area contributed by atoms with Crippen molar-refractivity contribution in [2.45, 2.75) is 398 Å². The second-order valence-corrected chi connectivity index (χ2v) is 23.5. The molecule has 3 N–H and O–H groups in total. The minimum Gasteiger partial charge on any atom is -0.466 e. The van der Waals surface area contributed by atoms with Gasteiger partial charge in [0.25, 0.3) is 0 Å². The van der Waals surface area contributed by atoms with Crippen LogP contribution in [0.2, 0.25) is 0 Å². The Kier molecular flexibility index (Phi) is 62.9. The summed E-state index contributed by atoms with van der Waals surface area (Å²) in [5.41, 5.74) is 0. The Bertz CT molecular complexity index is 1110. The van der Waals surface area contributed by atoms with E-state index in [9.17, 15) is 19.8 Å². The average Bonchev–Trinajstić information content (AvgIpc) is 3.40. The van der Waals surface area contributed by atoms with E-state index in [4.69, 9.17) is 4.74 Å². The Balaban J connectivity index is 3.39. The van der Waals surface area contributed by atoms with Gasteiger partial charge in [0, 0.05) is 12.8 Å². The van der Waals surface area contributed by atoms with E-state index in [2.05, 4.69) is 31.3 Å². The van der Waals surface area contributed by atoms with Crippen molar-refractivity contribution < 1.29 is 24.5 Å². The minimum absolute atomic E-state index is 0.00390. The third-order valence-corrected chi connectivity index (χ3v) is 16.1. The maximum absolute atomic E-state index is 12.5. The highest BCUT2D eigenvalue weighted by molar-refractivity contribution is 5.76. The van der Waals surface area contributed by atoms with Crippen LogP contribution in [0.15, 0.2) is 12.2 Å². The van der Waals surface area contributed by atoms with Gasteiger partial charge >= 0.3 is 5.97 Å². The number of allylic oxidation sites excluding steroid dienone is 2. The van der Waals surface area contributed by atoms with E-state index < -0.39 is 12.1 Å². The summed E-state index contributed by atoms with van der Waals surface area (Å²) in [7, 11) is 0. The Hall–Kier alpha value is -1.40. The van der Waals surface area contributed by atoms with E-state index in [1.807, 2.05) is 0 Å². The molecule has 0 aliphatic carbocycles. The van der Waals surface area contributed by atoms with Gasteiger partial charge in [0.1, 0.15) is 0 Å². The molecule has 0 aromatic carbocycles. The Morgan fingerprint density at radius 2 is 0.635 bits per heavy atom. The van der Waals surface area contributed by atoms with Crippen molar-refractivity contribution in [1.29, 1.82) is 0 Å². The molecule has 0 aromatic rings. The number of carbonyl (C=O) groups is 2. The Labute approximate surface area is 463 Å². The summed E-state index contributed by atoms with van der Waals surface area (Å²) in [6, 6.07) is -0.543. The lowest BCUT2D eigenvalue weighted by molar-refractivity contribution is -0.143. The van der Waals surface area contributed by atoms with Gasteiger partial charge in [-0.3, -0.25) is 9.59 Å². The number of aliphatic hydroxyl groups is 2. The first-order chi connectivity index (χ1) is 36.5. The molecule has 0 saturated carbocycles. The van der Waals surface area contributed by atoms with Crippen LogP contribution in [-0.2, 0) is 14.3 Å². The fourth-order valence-electron chi connectivity index (χ4n) is 10.9. The third kappa shape index (κ3) is 59.8. The summed E-state index contributed by atoms with van der Waals surface area (Å²) < 4.78 is 5.48. The second kappa shape index (κ2) is 64.1. The van der Waals surface area contributed by atoms with Crippen LogP contribution >= 0.6 is 0 Å². The monoisotopic (exact) mass is 1040 g/mol. The maximum Gasteiger partial charge on any atom is 0.305 e. The Morgan fingerprint density at radius 3 is 0.973 bits per heavy atom. The van der Waals surface area contributed by atoms with Gasteiger partial charge in [-0.1, -0.05) is 334 Å². The molecule has 2 atom stereocenters. The second-order valence-electron chi connectivity index (χ2n) is 23.5. The normalized spacial score (nSPS) is 12.5. The number of esters is 1. The lowest BCUT2D eigenvalue weighted by Crippen LogP contribution is -2.45. The summed E-state index contributed by atoms with van der Waals surface area (Å²) in [5.74, 6) is -0.0273. The van der Waals surface area contributed by atoms with Crippen LogP contribution in [0.5, 0.6) is 0 Å². The molecule has 2 unspecified atom stereocenters. The van der Waals surface area contributed by atoms with Gasteiger partial charge in [-0.05, 0) is 51.4 Å². The SMILES string of the molecule is CCCCCC/C=C\CCCCCCCC(=O)OCCCCCCCCCCCCCCCCCCCCCCCC(=O)NC(CO)C(O)CCCCCCCCCCCCCCCCCCCCCCCCC. The van der Waals surface area contributed by atoms with Crippen molar-refractivity contribution in [2.75, 3.05) is 13.2 Å². The van der Waals surface area contributed by atoms with Crippen LogP contribution < -0.4 is 5.32 Å². The molecule has 6 heteroatoms. The van der Waals surface area contributed by atoms with Gasteiger partial charge < -0.3 is 20.3 Å². The smallest absolute Gasteiger partial charge is 0.305 e. The van der Waals surface area contributed by atoms with Gasteiger partial charge in [0.2, 0.25) is 5.91 Å². The maximum atomic E-state index is 12.5. The van der Waals surface area contributed by atoms with Crippen LogP contribution in [0.25, 0.3) is 0 Å². The molecule has 0 rings (SSSR count). The minimum atomic E-state index is -0.666. The van der Waals surface area contributed by atoms with E-state index in [1.165, 1.54) is 308 Å². The molecule has 6 nitrogen and oxygen atoms in total. The fourth-order valence-corrected chi connectivity index (χ4v) is 10.9.